The van der Waals surface area contributed by atoms with Gasteiger partial charge >= 0.3 is 0 Å². The Morgan fingerprint density at radius 2 is 1.96 bits per heavy atom. The maximum absolute atomic E-state index is 12.8. The quantitative estimate of drug-likeness (QED) is 0.749. The molecule has 0 radical (unpaired) electrons. The van der Waals surface area contributed by atoms with E-state index in [1.807, 2.05) is 19.0 Å². The molecule has 0 unspecified atom stereocenters. The number of imide groups is 1. The van der Waals surface area contributed by atoms with Gasteiger partial charge in [0.25, 0.3) is 5.91 Å². The van der Waals surface area contributed by atoms with Gasteiger partial charge in [0.1, 0.15) is 5.69 Å². The predicted molar refractivity (Wildman–Crippen MR) is 91.7 cm³/mol. The number of aromatic nitrogens is 1. The molecule has 1 spiro atoms. The first-order valence-electron chi connectivity index (χ1n) is 8.63. The van der Waals surface area contributed by atoms with Crippen molar-refractivity contribution in [1.29, 1.82) is 0 Å². The minimum absolute atomic E-state index is 0.0655. The van der Waals surface area contributed by atoms with E-state index in [9.17, 15) is 14.4 Å². The van der Waals surface area contributed by atoms with Crippen molar-refractivity contribution in [2.75, 3.05) is 40.3 Å². The van der Waals surface area contributed by atoms with Gasteiger partial charge in [0, 0.05) is 38.8 Å². The van der Waals surface area contributed by atoms with Crippen LogP contribution >= 0.6 is 0 Å². The fourth-order valence-corrected chi connectivity index (χ4v) is 3.57. The summed E-state index contributed by atoms with van der Waals surface area (Å²) in [4.78, 5) is 46.8. The standard InChI is InChI=1S/C18H24N4O3/c1-20(2)11-12-22-15(23)13-18(17(22)25)6-9-21(10-7-18)16(24)14-5-3-4-8-19-14/h3-5,8H,6-7,9-13H2,1-2H3. The van der Waals surface area contributed by atoms with Gasteiger partial charge in [-0.2, -0.15) is 0 Å². The number of likely N-dealkylation sites (N-methyl/N-ethyl adjacent to an activating group) is 1. The lowest BCUT2D eigenvalue weighted by Gasteiger charge is -2.37. The molecule has 7 nitrogen and oxygen atoms in total. The highest BCUT2D eigenvalue weighted by molar-refractivity contribution is 6.06. The molecule has 0 aromatic carbocycles. The van der Waals surface area contributed by atoms with Crippen LogP contribution in [0.25, 0.3) is 0 Å². The van der Waals surface area contributed by atoms with E-state index in [0.717, 1.165) is 0 Å². The van der Waals surface area contributed by atoms with Crippen LogP contribution in [0.3, 0.4) is 0 Å². The Balaban J connectivity index is 1.64. The van der Waals surface area contributed by atoms with Crippen LogP contribution < -0.4 is 0 Å². The molecule has 3 heterocycles. The predicted octanol–water partition coefficient (Wildman–Crippen LogP) is 0.624. The minimum atomic E-state index is -0.621. The highest BCUT2D eigenvalue weighted by Gasteiger charge is 2.52. The third-order valence-corrected chi connectivity index (χ3v) is 5.15. The summed E-state index contributed by atoms with van der Waals surface area (Å²) in [5, 5.41) is 0. The molecular formula is C18H24N4O3. The van der Waals surface area contributed by atoms with Crippen LogP contribution in [-0.4, -0.2) is 77.7 Å². The van der Waals surface area contributed by atoms with Gasteiger partial charge in [-0.1, -0.05) is 6.07 Å². The van der Waals surface area contributed by atoms with Gasteiger partial charge in [-0.15, -0.1) is 0 Å². The number of hydrogen-bond donors (Lipinski definition) is 0. The Labute approximate surface area is 147 Å². The van der Waals surface area contributed by atoms with Gasteiger partial charge in [0.15, 0.2) is 0 Å². The molecule has 0 atom stereocenters. The number of piperidine rings is 1. The molecule has 0 saturated carbocycles. The second kappa shape index (κ2) is 6.92. The summed E-state index contributed by atoms with van der Waals surface area (Å²) in [5.74, 6) is -0.266. The van der Waals surface area contributed by atoms with E-state index < -0.39 is 5.41 Å². The normalized spacial score (nSPS) is 20.0. The van der Waals surface area contributed by atoms with Gasteiger partial charge in [0.2, 0.25) is 11.8 Å². The van der Waals surface area contributed by atoms with E-state index in [4.69, 9.17) is 0 Å². The number of likely N-dealkylation sites (tertiary alicyclic amines) is 2. The van der Waals surface area contributed by atoms with Crippen molar-refractivity contribution in [2.24, 2.45) is 5.41 Å². The smallest absolute Gasteiger partial charge is 0.272 e. The molecule has 2 aliphatic heterocycles. The number of pyridine rings is 1. The first-order chi connectivity index (χ1) is 11.9. The zero-order valence-corrected chi connectivity index (χ0v) is 14.8. The van der Waals surface area contributed by atoms with Crippen LogP contribution in [0.15, 0.2) is 24.4 Å². The van der Waals surface area contributed by atoms with Gasteiger partial charge in [0.05, 0.1) is 5.41 Å². The lowest BCUT2D eigenvalue weighted by molar-refractivity contribution is -0.142. The minimum Gasteiger partial charge on any atom is -0.337 e. The number of carbonyl (C=O) groups is 3. The molecule has 3 rings (SSSR count). The molecular weight excluding hydrogens is 320 g/mol. The topological polar surface area (TPSA) is 73.8 Å². The van der Waals surface area contributed by atoms with E-state index in [-0.39, 0.29) is 24.1 Å². The third kappa shape index (κ3) is 3.42. The van der Waals surface area contributed by atoms with Crippen molar-refractivity contribution < 1.29 is 14.4 Å². The molecule has 7 heteroatoms. The molecule has 3 amide bonds. The Bertz CT molecular complexity index is 666. The molecule has 0 N–H and O–H groups in total. The highest BCUT2D eigenvalue weighted by atomic mass is 16.2. The zero-order valence-electron chi connectivity index (χ0n) is 14.8. The highest BCUT2D eigenvalue weighted by Crippen LogP contribution is 2.42. The Hall–Kier alpha value is -2.28. The molecule has 1 aromatic heterocycles. The van der Waals surface area contributed by atoms with Crippen LogP contribution in [0, 0.1) is 5.41 Å². The van der Waals surface area contributed by atoms with Gasteiger partial charge in [-0.25, -0.2) is 0 Å². The molecule has 2 saturated heterocycles. The zero-order chi connectivity index (χ0) is 18.0. The van der Waals surface area contributed by atoms with Crippen molar-refractivity contribution in [3.05, 3.63) is 30.1 Å². The Kier molecular flexibility index (Phi) is 4.85. The Morgan fingerprint density at radius 1 is 1.24 bits per heavy atom. The molecule has 2 aliphatic rings. The number of nitrogens with zero attached hydrogens (tertiary/aromatic N) is 4. The summed E-state index contributed by atoms with van der Waals surface area (Å²) in [7, 11) is 3.84. The van der Waals surface area contributed by atoms with Gasteiger partial charge in [-0.05, 0) is 39.1 Å². The SMILES string of the molecule is CN(C)CCN1C(=O)CC2(CCN(C(=O)c3ccccn3)CC2)C1=O. The maximum Gasteiger partial charge on any atom is 0.272 e. The maximum atomic E-state index is 12.8. The summed E-state index contributed by atoms with van der Waals surface area (Å²) in [6, 6.07) is 5.25. The molecule has 1 aromatic rings. The summed E-state index contributed by atoms with van der Waals surface area (Å²) >= 11 is 0. The van der Waals surface area contributed by atoms with Crippen LogP contribution in [0.5, 0.6) is 0 Å². The lowest BCUT2D eigenvalue weighted by atomic mass is 9.77. The second-order valence-corrected chi connectivity index (χ2v) is 7.12. The lowest BCUT2D eigenvalue weighted by Crippen LogP contribution is -2.47. The number of rotatable bonds is 4. The van der Waals surface area contributed by atoms with E-state index in [0.29, 0.717) is 44.7 Å². The average molecular weight is 344 g/mol. The summed E-state index contributed by atoms with van der Waals surface area (Å²) < 4.78 is 0. The third-order valence-electron chi connectivity index (χ3n) is 5.15. The molecule has 0 bridgehead atoms. The van der Waals surface area contributed by atoms with Gasteiger partial charge < -0.3 is 9.80 Å². The summed E-state index contributed by atoms with van der Waals surface area (Å²) in [6.45, 7) is 2.06. The van der Waals surface area contributed by atoms with Crippen molar-refractivity contribution in [3.8, 4) is 0 Å². The fourth-order valence-electron chi connectivity index (χ4n) is 3.57. The van der Waals surface area contributed by atoms with Crippen LogP contribution in [0.2, 0.25) is 0 Å². The number of amides is 3. The Morgan fingerprint density at radius 3 is 2.56 bits per heavy atom. The summed E-state index contributed by atoms with van der Waals surface area (Å²) in [6.07, 6.45) is 2.94. The number of hydrogen-bond acceptors (Lipinski definition) is 5. The van der Waals surface area contributed by atoms with Crippen molar-refractivity contribution in [3.63, 3.8) is 0 Å². The molecule has 134 valence electrons. The van der Waals surface area contributed by atoms with Crippen LogP contribution in [0.1, 0.15) is 29.8 Å². The first-order valence-corrected chi connectivity index (χ1v) is 8.63. The van der Waals surface area contributed by atoms with Crippen molar-refractivity contribution >= 4 is 17.7 Å². The van der Waals surface area contributed by atoms with E-state index in [2.05, 4.69) is 4.98 Å². The largest absolute Gasteiger partial charge is 0.337 e. The van der Waals surface area contributed by atoms with E-state index >= 15 is 0 Å². The average Bonchev–Trinajstić information content (AvgIpc) is 2.84. The van der Waals surface area contributed by atoms with Crippen LogP contribution in [-0.2, 0) is 9.59 Å². The van der Waals surface area contributed by atoms with Crippen molar-refractivity contribution in [1.82, 2.24) is 19.7 Å². The molecule has 2 fully saturated rings. The first kappa shape index (κ1) is 17.5. The van der Waals surface area contributed by atoms with Crippen molar-refractivity contribution in [2.45, 2.75) is 19.3 Å². The van der Waals surface area contributed by atoms with E-state index in [1.165, 1.54) is 4.90 Å². The molecule has 25 heavy (non-hydrogen) atoms. The monoisotopic (exact) mass is 344 g/mol. The van der Waals surface area contributed by atoms with E-state index in [1.54, 1.807) is 29.3 Å². The van der Waals surface area contributed by atoms with Crippen LogP contribution in [0.4, 0.5) is 0 Å². The summed E-state index contributed by atoms with van der Waals surface area (Å²) in [5.41, 5.74) is -0.204. The number of carbonyl (C=O) groups excluding carboxylic acids is 3. The molecule has 0 aliphatic carbocycles. The fraction of sp³-hybridized carbons (Fsp3) is 0.556. The van der Waals surface area contributed by atoms with Gasteiger partial charge in [-0.3, -0.25) is 24.3 Å². The second-order valence-electron chi connectivity index (χ2n) is 7.12.